The Hall–Kier alpha value is -1.63. The van der Waals surface area contributed by atoms with Crippen LogP contribution in [0, 0.1) is 10.1 Å². The highest BCUT2D eigenvalue weighted by molar-refractivity contribution is 7.13. The van der Waals surface area contributed by atoms with E-state index in [0.717, 1.165) is 11.3 Å². The van der Waals surface area contributed by atoms with Crippen molar-refractivity contribution in [1.29, 1.82) is 0 Å². The zero-order valence-corrected chi connectivity index (χ0v) is 7.11. The van der Waals surface area contributed by atoms with Crippen molar-refractivity contribution in [2.75, 3.05) is 0 Å². The van der Waals surface area contributed by atoms with Crippen LogP contribution in [0.3, 0.4) is 0 Å². The molecule has 0 bridgehead atoms. The standard InChI is InChI=1S/C6H5NO5S/c8-6(9)5-2-1-4(13-5)3-12-7(10)11/h1-2H,3H2,(H,8,9). The van der Waals surface area contributed by atoms with Gasteiger partial charge >= 0.3 is 5.97 Å². The maximum atomic E-state index is 10.4. The van der Waals surface area contributed by atoms with Crippen molar-refractivity contribution in [1.82, 2.24) is 0 Å². The molecule has 1 N–H and O–H groups in total. The summed E-state index contributed by atoms with van der Waals surface area (Å²) in [5, 5.41) is 17.4. The van der Waals surface area contributed by atoms with Gasteiger partial charge in [-0.3, -0.25) is 0 Å². The average molecular weight is 203 g/mol. The lowest BCUT2D eigenvalue weighted by Gasteiger charge is -1.92. The number of rotatable bonds is 4. The van der Waals surface area contributed by atoms with E-state index < -0.39 is 11.1 Å². The predicted molar refractivity (Wildman–Crippen MR) is 43.1 cm³/mol. The van der Waals surface area contributed by atoms with Gasteiger partial charge in [0, 0.05) is 4.88 Å². The van der Waals surface area contributed by atoms with Crippen LogP contribution >= 0.6 is 11.3 Å². The molecule has 0 aliphatic carbocycles. The van der Waals surface area contributed by atoms with Gasteiger partial charge in [0.2, 0.25) is 0 Å². The molecule has 0 atom stereocenters. The summed E-state index contributed by atoms with van der Waals surface area (Å²) in [5.74, 6) is -1.04. The first kappa shape index (κ1) is 9.46. The third-order valence-corrected chi connectivity index (χ3v) is 2.23. The van der Waals surface area contributed by atoms with Crippen LogP contribution < -0.4 is 0 Å². The van der Waals surface area contributed by atoms with Crippen molar-refractivity contribution in [3.63, 3.8) is 0 Å². The van der Waals surface area contributed by atoms with Gasteiger partial charge in [0.15, 0.2) is 0 Å². The molecule has 0 radical (unpaired) electrons. The van der Waals surface area contributed by atoms with Crippen molar-refractivity contribution in [3.05, 3.63) is 32.0 Å². The van der Waals surface area contributed by atoms with E-state index in [1.807, 2.05) is 0 Å². The number of nitrogens with zero attached hydrogens (tertiary/aromatic N) is 1. The third-order valence-electron chi connectivity index (χ3n) is 1.18. The molecule has 1 heterocycles. The van der Waals surface area contributed by atoms with Crippen LogP contribution in [0.25, 0.3) is 0 Å². The molecule has 0 aromatic carbocycles. The topological polar surface area (TPSA) is 89.7 Å². The van der Waals surface area contributed by atoms with E-state index >= 15 is 0 Å². The Balaban J connectivity index is 2.59. The van der Waals surface area contributed by atoms with Crippen LogP contribution in [0.2, 0.25) is 0 Å². The molecule has 1 rings (SSSR count). The molecule has 0 unspecified atom stereocenters. The zero-order chi connectivity index (χ0) is 9.84. The summed E-state index contributed by atoms with van der Waals surface area (Å²) in [6.45, 7) is -0.203. The lowest BCUT2D eigenvalue weighted by atomic mass is 10.4. The average Bonchev–Trinajstić information content (AvgIpc) is 2.48. The van der Waals surface area contributed by atoms with Crippen LogP contribution in [0.1, 0.15) is 14.5 Å². The van der Waals surface area contributed by atoms with Gasteiger partial charge in [-0.25, -0.2) is 4.79 Å². The Morgan fingerprint density at radius 1 is 1.69 bits per heavy atom. The van der Waals surface area contributed by atoms with Gasteiger partial charge < -0.3 is 9.94 Å². The minimum Gasteiger partial charge on any atom is -0.477 e. The van der Waals surface area contributed by atoms with E-state index in [4.69, 9.17) is 5.11 Å². The van der Waals surface area contributed by atoms with E-state index in [2.05, 4.69) is 4.84 Å². The molecule has 0 aliphatic heterocycles. The third kappa shape index (κ3) is 2.71. The van der Waals surface area contributed by atoms with Gasteiger partial charge in [0.1, 0.15) is 11.5 Å². The van der Waals surface area contributed by atoms with Gasteiger partial charge in [-0.1, -0.05) is 0 Å². The van der Waals surface area contributed by atoms with Gasteiger partial charge in [0.25, 0.3) is 5.09 Å². The smallest absolute Gasteiger partial charge is 0.345 e. The maximum absolute atomic E-state index is 10.4. The number of carboxylic acids is 1. The minimum absolute atomic E-state index is 0.141. The highest BCUT2D eigenvalue weighted by atomic mass is 32.1. The quantitative estimate of drug-likeness (QED) is 0.585. The number of aromatic carboxylic acids is 1. The molecule has 6 nitrogen and oxygen atoms in total. The Kier molecular flexibility index (Phi) is 2.80. The number of hydrogen-bond donors (Lipinski definition) is 1. The minimum atomic E-state index is -1.04. The van der Waals surface area contributed by atoms with E-state index in [0.29, 0.717) is 4.88 Å². The van der Waals surface area contributed by atoms with E-state index in [-0.39, 0.29) is 11.5 Å². The van der Waals surface area contributed by atoms with E-state index in [1.54, 1.807) is 0 Å². The highest BCUT2D eigenvalue weighted by Gasteiger charge is 2.07. The first-order valence-electron chi connectivity index (χ1n) is 3.19. The number of thiophene rings is 1. The largest absolute Gasteiger partial charge is 0.477 e. The summed E-state index contributed by atoms with van der Waals surface area (Å²) < 4.78 is 0. The fourth-order valence-corrected chi connectivity index (χ4v) is 1.44. The molecular weight excluding hydrogens is 198 g/mol. The molecule has 70 valence electrons. The van der Waals surface area contributed by atoms with Crippen LogP contribution in [-0.2, 0) is 11.4 Å². The molecule has 0 amide bonds. The molecule has 0 fully saturated rings. The summed E-state index contributed by atoms with van der Waals surface area (Å²) >= 11 is 0.954. The molecule has 0 spiro atoms. The summed E-state index contributed by atoms with van der Waals surface area (Å²) in [7, 11) is 0. The lowest BCUT2D eigenvalue weighted by Crippen LogP contribution is -1.98. The summed E-state index contributed by atoms with van der Waals surface area (Å²) in [6, 6.07) is 2.86. The van der Waals surface area contributed by atoms with Gasteiger partial charge in [-0.2, -0.15) is 0 Å². The first-order chi connectivity index (χ1) is 6.09. The molecule has 0 saturated carbocycles. The molecule has 1 aromatic heterocycles. The van der Waals surface area contributed by atoms with Crippen LogP contribution in [0.15, 0.2) is 12.1 Å². The van der Waals surface area contributed by atoms with Crippen LogP contribution in [-0.4, -0.2) is 16.2 Å². The second-order valence-corrected chi connectivity index (χ2v) is 3.24. The monoisotopic (exact) mass is 203 g/mol. The molecule has 13 heavy (non-hydrogen) atoms. The van der Waals surface area contributed by atoms with Crippen molar-refractivity contribution in [2.45, 2.75) is 6.61 Å². The molecule has 0 aliphatic rings. The van der Waals surface area contributed by atoms with Gasteiger partial charge in [-0.15, -0.1) is 21.5 Å². The van der Waals surface area contributed by atoms with Crippen molar-refractivity contribution < 1.29 is 19.8 Å². The highest BCUT2D eigenvalue weighted by Crippen LogP contribution is 2.16. The fraction of sp³-hybridized carbons (Fsp3) is 0.167. The summed E-state index contributed by atoms with van der Waals surface area (Å²) in [6.07, 6.45) is 0. The normalized spacial score (nSPS) is 9.54. The Bertz CT molecular complexity index is 334. The van der Waals surface area contributed by atoms with Gasteiger partial charge in [-0.05, 0) is 12.1 Å². The van der Waals surface area contributed by atoms with Crippen LogP contribution in [0.5, 0.6) is 0 Å². The van der Waals surface area contributed by atoms with Gasteiger partial charge in [0.05, 0.1) is 0 Å². The fourth-order valence-electron chi connectivity index (χ4n) is 0.687. The second kappa shape index (κ2) is 3.85. The molecule has 0 saturated heterocycles. The number of hydrogen-bond acceptors (Lipinski definition) is 5. The van der Waals surface area contributed by atoms with E-state index in [9.17, 15) is 14.9 Å². The number of carboxylic acid groups (broad SMARTS) is 1. The molecule has 1 aromatic rings. The lowest BCUT2D eigenvalue weighted by molar-refractivity contribution is -0.762. The van der Waals surface area contributed by atoms with Crippen LogP contribution in [0.4, 0.5) is 0 Å². The Morgan fingerprint density at radius 3 is 2.85 bits per heavy atom. The maximum Gasteiger partial charge on any atom is 0.345 e. The summed E-state index contributed by atoms with van der Waals surface area (Å²) in [5.41, 5.74) is 0. The van der Waals surface area contributed by atoms with Crippen molar-refractivity contribution >= 4 is 17.3 Å². The summed E-state index contributed by atoms with van der Waals surface area (Å²) in [4.78, 5) is 24.9. The molecular formula is C6H5NO5S. The SMILES string of the molecule is O=C(O)c1ccc(CO[N+](=O)[O-])s1. The predicted octanol–water partition coefficient (Wildman–Crippen LogP) is 1.15. The second-order valence-electron chi connectivity index (χ2n) is 2.07. The molecule has 7 heteroatoms. The van der Waals surface area contributed by atoms with Crippen molar-refractivity contribution in [2.24, 2.45) is 0 Å². The Labute approximate surface area is 76.5 Å². The van der Waals surface area contributed by atoms with E-state index in [1.165, 1.54) is 12.1 Å². The Morgan fingerprint density at radius 2 is 2.38 bits per heavy atom. The zero-order valence-electron chi connectivity index (χ0n) is 6.30. The first-order valence-corrected chi connectivity index (χ1v) is 4.00. The number of carbonyl (C=O) groups is 1. The van der Waals surface area contributed by atoms with Crippen molar-refractivity contribution in [3.8, 4) is 0 Å².